The van der Waals surface area contributed by atoms with E-state index in [1.165, 1.54) is 11.3 Å². The van der Waals surface area contributed by atoms with Crippen molar-refractivity contribution in [1.82, 2.24) is 10.2 Å². The first-order chi connectivity index (χ1) is 15.1. The molecule has 0 spiro atoms. The van der Waals surface area contributed by atoms with Gasteiger partial charge in [0, 0.05) is 18.0 Å². The van der Waals surface area contributed by atoms with Crippen LogP contribution >= 0.6 is 23.1 Å². The number of hydrogen-bond acceptors (Lipinski definition) is 6. The Labute approximate surface area is 187 Å². The molecule has 8 heteroatoms. The molecule has 0 unspecified atom stereocenters. The Morgan fingerprint density at radius 1 is 1.00 bits per heavy atom. The summed E-state index contributed by atoms with van der Waals surface area (Å²) in [5, 5.41) is 4.33. The SMILES string of the molecule is O=C(NCCN1C(=O)S/C(=C/c2cccs2)C1=O)c1ccccc1Oc1ccccc1. The highest BCUT2D eigenvalue weighted by atomic mass is 32.2. The zero-order valence-electron chi connectivity index (χ0n) is 16.3. The molecule has 3 aromatic rings. The molecule has 3 amide bonds. The van der Waals surface area contributed by atoms with Crippen molar-refractivity contribution >= 4 is 46.2 Å². The number of thioether (sulfide) groups is 1. The number of ether oxygens (including phenoxy) is 1. The summed E-state index contributed by atoms with van der Waals surface area (Å²) < 4.78 is 5.82. The Morgan fingerprint density at radius 2 is 1.77 bits per heavy atom. The molecule has 156 valence electrons. The zero-order valence-corrected chi connectivity index (χ0v) is 17.9. The molecule has 1 aliphatic heterocycles. The molecule has 1 saturated heterocycles. The largest absolute Gasteiger partial charge is 0.457 e. The van der Waals surface area contributed by atoms with Gasteiger partial charge in [-0.1, -0.05) is 36.4 Å². The van der Waals surface area contributed by atoms with Gasteiger partial charge in [0.2, 0.25) is 0 Å². The summed E-state index contributed by atoms with van der Waals surface area (Å²) in [4.78, 5) is 39.9. The fourth-order valence-electron chi connectivity index (χ4n) is 2.93. The van der Waals surface area contributed by atoms with Gasteiger partial charge in [-0.05, 0) is 53.5 Å². The van der Waals surface area contributed by atoms with E-state index >= 15 is 0 Å². The van der Waals surface area contributed by atoms with Gasteiger partial charge in [0.05, 0.1) is 10.5 Å². The first-order valence-electron chi connectivity index (χ1n) is 9.51. The topological polar surface area (TPSA) is 75.7 Å². The maximum Gasteiger partial charge on any atom is 0.293 e. The molecule has 0 saturated carbocycles. The zero-order chi connectivity index (χ0) is 21.6. The van der Waals surface area contributed by atoms with Crippen LogP contribution in [0.3, 0.4) is 0 Å². The molecule has 2 heterocycles. The number of rotatable bonds is 7. The van der Waals surface area contributed by atoms with Crippen LogP contribution in [0.4, 0.5) is 4.79 Å². The predicted octanol–water partition coefficient (Wildman–Crippen LogP) is 5.01. The van der Waals surface area contributed by atoms with Gasteiger partial charge in [-0.25, -0.2) is 0 Å². The Bertz CT molecular complexity index is 1130. The first-order valence-corrected chi connectivity index (χ1v) is 11.2. The molecule has 1 aliphatic rings. The second kappa shape index (κ2) is 9.63. The second-order valence-electron chi connectivity index (χ2n) is 6.52. The third-order valence-corrected chi connectivity index (χ3v) is 6.14. The summed E-state index contributed by atoms with van der Waals surface area (Å²) in [7, 11) is 0. The Hall–Kier alpha value is -3.36. The van der Waals surface area contributed by atoms with Crippen LogP contribution in [0.1, 0.15) is 15.2 Å². The maximum atomic E-state index is 12.7. The van der Waals surface area contributed by atoms with Crippen molar-refractivity contribution in [1.29, 1.82) is 0 Å². The lowest BCUT2D eigenvalue weighted by atomic mass is 10.2. The van der Waals surface area contributed by atoms with E-state index in [1.807, 2.05) is 35.7 Å². The van der Waals surface area contributed by atoms with Crippen molar-refractivity contribution in [2.24, 2.45) is 0 Å². The van der Waals surface area contributed by atoms with Crippen molar-refractivity contribution in [3.05, 3.63) is 87.5 Å². The van der Waals surface area contributed by atoms with E-state index in [9.17, 15) is 14.4 Å². The van der Waals surface area contributed by atoms with E-state index in [2.05, 4.69) is 5.32 Å². The molecule has 1 aromatic heterocycles. The predicted molar refractivity (Wildman–Crippen MR) is 122 cm³/mol. The van der Waals surface area contributed by atoms with Crippen LogP contribution in [0.2, 0.25) is 0 Å². The lowest BCUT2D eigenvalue weighted by Crippen LogP contribution is -2.37. The molecule has 0 atom stereocenters. The van der Waals surface area contributed by atoms with Gasteiger partial charge in [0.1, 0.15) is 11.5 Å². The third-order valence-electron chi connectivity index (χ3n) is 4.41. The highest BCUT2D eigenvalue weighted by Crippen LogP contribution is 2.32. The lowest BCUT2D eigenvalue weighted by molar-refractivity contribution is -0.122. The minimum Gasteiger partial charge on any atom is -0.457 e. The summed E-state index contributed by atoms with van der Waals surface area (Å²) in [5.74, 6) is 0.368. The summed E-state index contributed by atoms with van der Waals surface area (Å²) >= 11 is 2.41. The van der Waals surface area contributed by atoms with Crippen molar-refractivity contribution in [3.8, 4) is 11.5 Å². The Kier molecular flexibility index (Phi) is 6.49. The molecule has 0 aliphatic carbocycles. The van der Waals surface area contributed by atoms with Gasteiger partial charge < -0.3 is 10.1 Å². The van der Waals surface area contributed by atoms with Crippen molar-refractivity contribution < 1.29 is 19.1 Å². The van der Waals surface area contributed by atoms with Crippen molar-refractivity contribution in [2.75, 3.05) is 13.1 Å². The van der Waals surface area contributed by atoms with E-state index < -0.39 is 0 Å². The summed E-state index contributed by atoms with van der Waals surface area (Å²) in [6.07, 6.45) is 1.71. The van der Waals surface area contributed by atoms with E-state index in [0.29, 0.717) is 22.0 Å². The highest BCUT2D eigenvalue weighted by Gasteiger charge is 2.34. The number of nitrogens with zero attached hydrogens (tertiary/aromatic N) is 1. The van der Waals surface area contributed by atoms with E-state index in [1.54, 1.807) is 42.5 Å². The van der Waals surface area contributed by atoms with Crippen LogP contribution in [-0.4, -0.2) is 35.0 Å². The first kappa shape index (κ1) is 20.9. The number of benzene rings is 2. The number of hydrogen-bond donors (Lipinski definition) is 1. The summed E-state index contributed by atoms with van der Waals surface area (Å²) in [6.45, 7) is 0.239. The van der Waals surface area contributed by atoms with Crippen LogP contribution in [0.25, 0.3) is 6.08 Å². The molecule has 0 bridgehead atoms. The number of amides is 3. The van der Waals surface area contributed by atoms with Gasteiger partial charge in [-0.3, -0.25) is 19.3 Å². The molecule has 4 rings (SSSR count). The quantitative estimate of drug-likeness (QED) is 0.512. The molecule has 1 fully saturated rings. The van der Waals surface area contributed by atoms with Gasteiger partial charge in [-0.2, -0.15) is 0 Å². The van der Waals surface area contributed by atoms with Crippen molar-refractivity contribution in [3.63, 3.8) is 0 Å². The summed E-state index contributed by atoms with van der Waals surface area (Å²) in [5.41, 5.74) is 0.373. The molecule has 2 aromatic carbocycles. The molecule has 0 radical (unpaired) electrons. The average Bonchev–Trinajstić information content (AvgIpc) is 3.38. The average molecular weight is 451 g/mol. The smallest absolute Gasteiger partial charge is 0.293 e. The van der Waals surface area contributed by atoms with Gasteiger partial charge in [0.15, 0.2) is 0 Å². The third kappa shape index (κ3) is 5.04. The summed E-state index contributed by atoms with van der Waals surface area (Å²) in [6, 6.07) is 19.9. The van der Waals surface area contributed by atoms with Crippen LogP contribution < -0.4 is 10.1 Å². The number of nitrogens with one attached hydrogen (secondary N) is 1. The number of carbonyl (C=O) groups is 3. The normalized spacial score (nSPS) is 14.8. The minimum absolute atomic E-state index is 0.0971. The van der Waals surface area contributed by atoms with E-state index in [0.717, 1.165) is 21.5 Å². The van der Waals surface area contributed by atoms with Gasteiger partial charge in [-0.15, -0.1) is 11.3 Å². The van der Waals surface area contributed by atoms with Crippen LogP contribution in [0, 0.1) is 0 Å². The fraction of sp³-hybridized carbons (Fsp3) is 0.0870. The highest BCUT2D eigenvalue weighted by molar-refractivity contribution is 8.18. The molecular formula is C23H18N2O4S2. The van der Waals surface area contributed by atoms with Gasteiger partial charge in [0.25, 0.3) is 17.1 Å². The maximum absolute atomic E-state index is 12.7. The van der Waals surface area contributed by atoms with Crippen molar-refractivity contribution in [2.45, 2.75) is 0 Å². The van der Waals surface area contributed by atoms with Crippen LogP contribution in [0.5, 0.6) is 11.5 Å². The number of thiophene rings is 1. The number of imide groups is 1. The van der Waals surface area contributed by atoms with Crippen LogP contribution in [0.15, 0.2) is 77.0 Å². The molecule has 6 nitrogen and oxygen atoms in total. The Balaban J connectivity index is 1.37. The Morgan fingerprint density at radius 3 is 2.55 bits per heavy atom. The fourth-order valence-corrected chi connectivity index (χ4v) is 4.52. The van der Waals surface area contributed by atoms with Gasteiger partial charge >= 0.3 is 0 Å². The second-order valence-corrected chi connectivity index (χ2v) is 8.49. The molecular weight excluding hydrogens is 432 g/mol. The van der Waals surface area contributed by atoms with E-state index in [-0.39, 0.29) is 30.1 Å². The number of carbonyl (C=O) groups excluding carboxylic acids is 3. The minimum atomic E-state index is -0.342. The standard InChI is InChI=1S/C23H18N2O4S2/c26-21(18-10-4-5-11-19(18)29-16-7-2-1-3-8-16)24-12-13-25-22(27)20(31-23(25)28)15-17-9-6-14-30-17/h1-11,14-15H,12-13H2,(H,24,26)/b20-15+. The number of para-hydroxylation sites is 2. The lowest BCUT2D eigenvalue weighted by Gasteiger charge is -2.14. The van der Waals surface area contributed by atoms with E-state index in [4.69, 9.17) is 4.74 Å². The van der Waals surface area contributed by atoms with Crippen LogP contribution in [-0.2, 0) is 4.79 Å². The monoisotopic (exact) mass is 450 g/mol. The molecule has 1 N–H and O–H groups in total. The molecule has 31 heavy (non-hydrogen) atoms.